The third kappa shape index (κ3) is 3.04. The molecular formula is C15H13BrN4O. The summed E-state index contributed by atoms with van der Waals surface area (Å²) in [4.78, 5) is 10.4. The van der Waals surface area contributed by atoms with Crippen LogP contribution in [0.1, 0.15) is 17.4 Å². The van der Waals surface area contributed by atoms with Crippen LogP contribution in [0, 0.1) is 11.3 Å². The van der Waals surface area contributed by atoms with Crippen molar-refractivity contribution in [3.05, 3.63) is 52.4 Å². The van der Waals surface area contributed by atoms with Gasteiger partial charge in [0.05, 0.1) is 6.61 Å². The van der Waals surface area contributed by atoms with Crippen LogP contribution in [0.4, 0.5) is 5.82 Å². The SMILES string of the molecule is N#Cc1nccnc1N1CCOC(c2ccc(Br)cc2)C1. The van der Waals surface area contributed by atoms with E-state index in [9.17, 15) is 0 Å². The highest BCUT2D eigenvalue weighted by atomic mass is 79.9. The molecule has 0 aliphatic carbocycles. The molecule has 0 radical (unpaired) electrons. The first-order valence-corrected chi connectivity index (χ1v) is 7.40. The third-order valence-corrected chi connectivity index (χ3v) is 3.92. The number of nitriles is 1. The second-order valence-corrected chi connectivity index (χ2v) is 5.61. The molecule has 2 heterocycles. The minimum Gasteiger partial charge on any atom is -0.370 e. The van der Waals surface area contributed by atoms with Gasteiger partial charge in [-0.05, 0) is 17.7 Å². The van der Waals surface area contributed by atoms with Gasteiger partial charge in [-0.1, -0.05) is 28.1 Å². The molecule has 5 nitrogen and oxygen atoms in total. The van der Waals surface area contributed by atoms with Gasteiger partial charge in [0.1, 0.15) is 12.2 Å². The van der Waals surface area contributed by atoms with E-state index in [-0.39, 0.29) is 6.10 Å². The minimum atomic E-state index is -0.0274. The number of rotatable bonds is 2. The van der Waals surface area contributed by atoms with Gasteiger partial charge in [0.25, 0.3) is 0 Å². The number of halogens is 1. The molecule has 2 aromatic rings. The van der Waals surface area contributed by atoms with Crippen LogP contribution in [0.2, 0.25) is 0 Å². The summed E-state index contributed by atoms with van der Waals surface area (Å²) in [6.07, 6.45) is 3.12. The van der Waals surface area contributed by atoms with Crippen LogP contribution >= 0.6 is 15.9 Å². The Balaban J connectivity index is 1.83. The molecule has 1 unspecified atom stereocenters. The Kier molecular flexibility index (Phi) is 4.13. The van der Waals surface area contributed by atoms with Crippen molar-refractivity contribution in [3.8, 4) is 6.07 Å². The van der Waals surface area contributed by atoms with Crippen LogP contribution in [-0.2, 0) is 4.74 Å². The van der Waals surface area contributed by atoms with E-state index in [1.165, 1.54) is 6.20 Å². The van der Waals surface area contributed by atoms with Gasteiger partial charge in [-0.2, -0.15) is 5.26 Å². The molecule has 1 aliphatic rings. The predicted molar refractivity (Wildman–Crippen MR) is 81.8 cm³/mol. The minimum absolute atomic E-state index is 0.0274. The highest BCUT2D eigenvalue weighted by Gasteiger charge is 2.24. The Morgan fingerprint density at radius 1 is 1.24 bits per heavy atom. The van der Waals surface area contributed by atoms with Gasteiger partial charge in [0.15, 0.2) is 11.5 Å². The molecule has 0 N–H and O–H groups in total. The van der Waals surface area contributed by atoms with Gasteiger partial charge in [-0.3, -0.25) is 0 Å². The molecule has 0 bridgehead atoms. The first-order chi connectivity index (χ1) is 10.3. The average Bonchev–Trinajstić information content (AvgIpc) is 2.55. The maximum absolute atomic E-state index is 9.15. The van der Waals surface area contributed by atoms with E-state index >= 15 is 0 Å². The quantitative estimate of drug-likeness (QED) is 0.838. The lowest BCUT2D eigenvalue weighted by atomic mass is 10.1. The van der Waals surface area contributed by atoms with Gasteiger partial charge in [-0.25, -0.2) is 9.97 Å². The normalized spacial score (nSPS) is 18.3. The highest BCUT2D eigenvalue weighted by Crippen LogP contribution is 2.26. The van der Waals surface area contributed by atoms with Crippen molar-refractivity contribution in [3.63, 3.8) is 0 Å². The van der Waals surface area contributed by atoms with E-state index in [0.29, 0.717) is 31.2 Å². The standard InChI is InChI=1S/C15H13BrN4O/c16-12-3-1-11(2-4-12)14-10-20(7-8-21-14)15-13(9-17)18-5-6-19-15/h1-6,14H,7-8,10H2. The van der Waals surface area contributed by atoms with Crippen molar-refractivity contribution in [2.24, 2.45) is 0 Å². The Hall–Kier alpha value is -1.97. The Bertz CT molecular complexity index is 668. The van der Waals surface area contributed by atoms with Crippen LogP contribution in [-0.4, -0.2) is 29.7 Å². The zero-order valence-electron chi connectivity index (χ0n) is 11.2. The Morgan fingerprint density at radius 3 is 2.76 bits per heavy atom. The molecule has 1 atom stereocenters. The first kappa shape index (κ1) is 14.0. The molecule has 1 aliphatic heterocycles. The lowest BCUT2D eigenvalue weighted by Crippen LogP contribution is -2.39. The number of hydrogen-bond acceptors (Lipinski definition) is 5. The number of morpholine rings is 1. The lowest BCUT2D eigenvalue weighted by Gasteiger charge is -2.34. The fraction of sp³-hybridized carbons (Fsp3) is 0.267. The first-order valence-electron chi connectivity index (χ1n) is 6.61. The van der Waals surface area contributed by atoms with Crippen molar-refractivity contribution in [1.29, 1.82) is 5.26 Å². The zero-order valence-corrected chi connectivity index (χ0v) is 12.8. The summed E-state index contributed by atoms with van der Waals surface area (Å²) in [5, 5.41) is 9.15. The second-order valence-electron chi connectivity index (χ2n) is 4.70. The van der Waals surface area contributed by atoms with Crippen molar-refractivity contribution in [2.75, 3.05) is 24.6 Å². The maximum atomic E-state index is 9.15. The van der Waals surface area contributed by atoms with Crippen LogP contribution in [0.15, 0.2) is 41.1 Å². The number of benzene rings is 1. The van der Waals surface area contributed by atoms with Gasteiger partial charge >= 0.3 is 0 Å². The molecule has 1 aromatic heterocycles. The van der Waals surface area contributed by atoms with E-state index < -0.39 is 0 Å². The highest BCUT2D eigenvalue weighted by molar-refractivity contribution is 9.10. The summed E-state index contributed by atoms with van der Waals surface area (Å²) in [6, 6.07) is 10.2. The van der Waals surface area contributed by atoms with Gasteiger partial charge in [0.2, 0.25) is 0 Å². The molecule has 6 heteroatoms. The van der Waals surface area contributed by atoms with Gasteiger partial charge < -0.3 is 9.64 Å². The number of nitrogens with zero attached hydrogens (tertiary/aromatic N) is 4. The lowest BCUT2D eigenvalue weighted by molar-refractivity contribution is 0.0395. The molecule has 3 rings (SSSR count). The Labute approximate surface area is 131 Å². The van der Waals surface area contributed by atoms with Gasteiger partial charge in [0, 0.05) is 30.0 Å². The molecule has 106 valence electrons. The summed E-state index contributed by atoms with van der Waals surface area (Å²) in [5.74, 6) is 0.630. The van der Waals surface area contributed by atoms with Crippen molar-refractivity contribution < 1.29 is 4.74 Å². The molecule has 1 saturated heterocycles. The van der Waals surface area contributed by atoms with Crippen LogP contribution in [0.3, 0.4) is 0 Å². The van der Waals surface area contributed by atoms with Crippen molar-refractivity contribution >= 4 is 21.7 Å². The maximum Gasteiger partial charge on any atom is 0.183 e. The second kappa shape index (κ2) is 6.20. The number of aromatic nitrogens is 2. The molecule has 0 amide bonds. The fourth-order valence-corrected chi connectivity index (χ4v) is 2.63. The van der Waals surface area contributed by atoms with Crippen LogP contribution < -0.4 is 4.90 Å². The summed E-state index contributed by atoms with van der Waals surface area (Å²) >= 11 is 3.43. The predicted octanol–water partition coefficient (Wildman–Crippen LogP) is 2.69. The summed E-state index contributed by atoms with van der Waals surface area (Å²) in [5.41, 5.74) is 1.47. The summed E-state index contributed by atoms with van der Waals surface area (Å²) < 4.78 is 6.88. The largest absolute Gasteiger partial charge is 0.370 e. The van der Waals surface area contributed by atoms with E-state index in [1.807, 2.05) is 24.3 Å². The van der Waals surface area contributed by atoms with Gasteiger partial charge in [-0.15, -0.1) is 0 Å². The Morgan fingerprint density at radius 2 is 2.00 bits per heavy atom. The average molecular weight is 345 g/mol. The molecule has 0 saturated carbocycles. The summed E-state index contributed by atoms with van der Waals surface area (Å²) in [7, 11) is 0. The summed E-state index contributed by atoms with van der Waals surface area (Å²) in [6.45, 7) is 1.97. The molecule has 1 fully saturated rings. The molecular weight excluding hydrogens is 332 g/mol. The van der Waals surface area contributed by atoms with Crippen LogP contribution in [0.25, 0.3) is 0 Å². The zero-order chi connectivity index (χ0) is 14.7. The fourth-order valence-electron chi connectivity index (χ4n) is 2.36. The van der Waals surface area contributed by atoms with E-state index in [4.69, 9.17) is 10.00 Å². The molecule has 1 aromatic carbocycles. The van der Waals surface area contributed by atoms with E-state index in [1.54, 1.807) is 6.20 Å². The number of ether oxygens (including phenoxy) is 1. The molecule has 0 spiro atoms. The molecule has 21 heavy (non-hydrogen) atoms. The van der Waals surface area contributed by atoms with Crippen LogP contribution in [0.5, 0.6) is 0 Å². The van der Waals surface area contributed by atoms with Crippen molar-refractivity contribution in [1.82, 2.24) is 9.97 Å². The third-order valence-electron chi connectivity index (χ3n) is 3.39. The smallest absolute Gasteiger partial charge is 0.183 e. The number of anilines is 1. The monoisotopic (exact) mass is 344 g/mol. The van der Waals surface area contributed by atoms with Crippen molar-refractivity contribution in [2.45, 2.75) is 6.10 Å². The van der Waals surface area contributed by atoms with E-state index in [2.05, 4.69) is 36.9 Å². The topological polar surface area (TPSA) is 62.0 Å². The number of hydrogen-bond donors (Lipinski definition) is 0. The van der Waals surface area contributed by atoms with E-state index in [0.717, 1.165) is 10.0 Å².